The van der Waals surface area contributed by atoms with Gasteiger partial charge in [0.25, 0.3) is 0 Å². The molecule has 4 nitrogen and oxygen atoms in total. The third-order valence-corrected chi connectivity index (χ3v) is 3.46. The van der Waals surface area contributed by atoms with Crippen LogP contribution in [0, 0.1) is 12.7 Å². The van der Waals surface area contributed by atoms with Crippen LogP contribution in [0.1, 0.15) is 21.6 Å². The van der Waals surface area contributed by atoms with Gasteiger partial charge >= 0.3 is 12.1 Å². The largest absolute Gasteiger partial charge is 0.478 e. The molecule has 0 fully saturated rings. The van der Waals surface area contributed by atoms with E-state index in [2.05, 4.69) is 9.69 Å². The maximum atomic E-state index is 13.2. The molecule has 2 aromatic rings. The molecular formula is C12H8F4N2O2S. The van der Waals surface area contributed by atoms with Crippen molar-refractivity contribution in [2.45, 2.75) is 13.1 Å². The van der Waals surface area contributed by atoms with Crippen LogP contribution in [0.4, 0.5) is 28.3 Å². The van der Waals surface area contributed by atoms with Crippen molar-refractivity contribution < 1.29 is 27.5 Å². The normalized spacial score (nSPS) is 11.5. The van der Waals surface area contributed by atoms with Crippen LogP contribution in [0.3, 0.4) is 0 Å². The fourth-order valence-corrected chi connectivity index (χ4v) is 2.47. The van der Waals surface area contributed by atoms with Gasteiger partial charge in [-0.2, -0.15) is 17.5 Å². The Bertz CT molecular complexity index is 697. The molecule has 1 aromatic heterocycles. The van der Waals surface area contributed by atoms with Crippen molar-refractivity contribution >= 4 is 28.2 Å². The number of hydrogen-bond acceptors (Lipinski definition) is 4. The molecule has 21 heavy (non-hydrogen) atoms. The summed E-state index contributed by atoms with van der Waals surface area (Å²) in [5.41, 5.74) is -1.38. The van der Waals surface area contributed by atoms with Gasteiger partial charge in [0.1, 0.15) is 16.4 Å². The first-order chi connectivity index (χ1) is 9.70. The summed E-state index contributed by atoms with van der Waals surface area (Å²) in [5, 5.41) is 11.6. The Morgan fingerprint density at radius 2 is 2.05 bits per heavy atom. The maximum Gasteiger partial charge on any atom is 0.419 e. The highest BCUT2D eigenvalue weighted by Crippen LogP contribution is 2.35. The standard InChI is InChI=1S/C12H8F4N2O2S/c1-5-9(11(19)20)10(21-18-5)17-6-2-3-8(13)7(4-6)12(14,15)16/h2-4,17H,1H3,(H,19,20). The van der Waals surface area contributed by atoms with Crippen molar-refractivity contribution in [2.75, 3.05) is 5.32 Å². The summed E-state index contributed by atoms with van der Waals surface area (Å²) >= 11 is 0.800. The number of carbonyl (C=O) groups is 1. The minimum atomic E-state index is -4.83. The third kappa shape index (κ3) is 3.13. The number of halogens is 4. The van der Waals surface area contributed by atoms with E-state index in [0.29, 0.717) is 12.1 Å². The first-order valence-corrected chi connectivity index (χ1v) is 6.31. The van der Waals surface area contributed by atoms with Crippen LogP contribution in [-0.4, -0.2) is 15.4 Å². The van der Waals surface area contributed by atoms with Crippen LogP contribution in [-0.2, 0) is 6.18 Å². The van der Waals surface area contributed by atoms with Crippen molar-refractivity contribution in [3.8, 4) is 0 Å². The topological polar surface area (TPSA) is 62.2 Å². The maximum absolute atomic E-state index is 13.2. The number of aryl methyl sites for hydroxylation is 1. The smallest absolute Gasteiger partial charge is 0.419 e. The van der Waals surface area contributed by atoms with Crippen LogP contribution in [0.15, 0.2) is 18.2 Å². The average Bonchev–Trinajstić information content (AvgIpc) is 2.71. The summed E-state index contributed by atoms with van der Waals surface area (Å²) < 4.78 is 54.8. The van der Waals surface area contributed by atoms with Crippen LogP contribution in [0.5, 0.6) is 0 Å². The van der Waals surface area contributed by atoms with Crippen molar-refractivity contribution in [1.82, 2.24) is 4.37 Å². The molecule has 0 amide bonds. The molecule has 0 atom stereocenters. The highest BCUT2D eigenvalue weighted by molar-refractivity contribution is 7.10. The van der Waals surface area contributed by atoms with Gasteiger partial charge in [0, 0.05) is 5.69 Å². The summed E-state index contributed by atoms with van der Waals surface area (Å²) in [4.78, 5) is 11.1. The zero-order chi connectivity index (χ0) is 15.8. The average molecular weight is 320 g/mol. The van der Waals surface area contributed by atoms with Crippen molar-refractivity contribution in [1.29, 1.82) is 0 Å². The number of rotatable bonds is 3. The molecule has 112 valence electrons. The summed E-state index contributed by atoms with van der Waals surface area (Å²) in [6.45, 7) is 1.47. The second kappa shape index (κ2) is 5.32. The molecule has 0 saturated heterocycles. The molecule has 0 aliphatic carbocycles. The SMILES string of the molecule is Cc1nsc(Nc2ccc(F)c(C(F)(F)F)c2)c1C(=O)O. The fourth-order valence-electron chi connectivity index (χ4n) is 1.66. The van der Waals surface area contributed by atoms with Gasteiger partial charge in [-0.3, -0.25) is 0 Å². The minimum Gasteiger partial charge on any atom is -0.478 e. The van der Waals surface area contributed by atoms with Crippen LogP contribution >= 0.6 is 11.5 Å². The van der Waals surface area contributed by atoms with Crippen molar-refractivity contribution in [3.63, 3.8) is 0 Å². The van der Waals surface area contributed by atoms with Gasteiger partial charge in [-0.25, -0.2) is 9.18 Å². The van der Waals surface area contributed by atoms with Gasteiger partial charge in [-0.05, 0) is 36.7 Å². The Morgan fingerprint density at radius 3 is 2.62 bits per heavy atom. The molecule has 0 bridgehead atoms. The Balaban J connectivity index is 2.40. The van der Waals surface area contributed by atoms with Crippen molar-refractivity contribution in [3.05, 3.63) is 40.8 Å². The summed E-state index contributed by atoms with van der Waals surface area (Å²) in [7, 11) is 0. The van der Waals surface area contributed by atoms with Crippen molar-refractivity contribution in [2.24, 2.45) is 0 Å². The predicted molar refractivity (Wildman–Crippen MR) is 68.5 cm³/mol. The Hall–Kier alpha value is -2.16. The van der Waals surface area contributed by atoms with Gasteiger partial charge in [0.05, 0.1) is 11.3 Å². The molecule has 0 radical (unpaired) electrons. The van der Waals surface area contributed by atoms with Gasteiger partial charge in [-0.1, -0.05) is 0 Å². The molecule has 1 aromatic carbocycles. The highest BCUT2D eigenvalue weighted by atomic mass is 32.1. The van der Waals surface area contributed by atoms with E-state index >= 15 is 0 Å². The molecular weight excluding hydrogens is 312 g/mol. The lowest BCUT2D eigenvalue weighted by molar-refractivity contribution is -0.139. The van der Waals surface area contributed by atoms with Crippen LogP contribution in [0.25, 0.3) is 0 Å². The van der Waals surface area contributed by atoms with Gasteiger partial charge in [-0.15, -0.1) is 0 Å². The second-order valence-corrected chi connectivity index (χ2v) is 4.87. The number of anilines is 2. The van der Waals surface area contributed by atoms with Crippen LogP contribution < -0.4 is 5.32 Å². The Morgan fingerprint density at radius 1 is 1.38 bits per heavy atom. The monoisotopic (exact) mass is 320 g/mol. The number of hydrogen-bond donors (Lipinski definition) is 2. The molecule has 0 aliphatic rings. The molecule has 0 saturated carbocycles. The van der Waals surface area contributed by atoms with E-state index in [1.165, 1.54) is 6.92 Å². The zero-order valence-electron chi connectivity index (χ0n) is 10.5. The number of aromatic nitrogens is 1. The Kier molecular flexibility index (Phi) is 3.86. The summed E-state index contributed by atoms with van der Waals surface area (Å²) in [5.74, 6) is -2.64. The van der Waals surface area contributed by atoms with Gasteiger partial charge in [0.2, 0.25) is 0 Å². The minimum absolute atomic E-state index is 0.0742. The second-order valence-electron chi connectivity index (χ2n) is 4.09. The van der Waals surface area contributed by atoms with Gasteiger partial charge in [0.15, 0.2) is 0 Å². The Labute approximate surface area is 120 Å². The fraction of sp³-hybridized carbons (Fsp3) is 0.167. The van der Waals surface area contributed by atoms with E-state index < -0.39 is 23.5 Å². The van der Waals surface area contributed by atoms with E-state index in [9.17, 15) is 22.4 Å². The number of benzene rings is 1. The number of alkyl halides is 3. The first kappa shape index (κ1) is 15.2. The van der Waals surface area contributed by atoms with E-state index in [1.807, 2.05) is 0 Å². The number of nitrogens with zero attached hydrogens (tertiary/aromatic N) is 1. The third-order valence-electron chi connectivity index (χ3n) is 2.61. The molecule has 0 aliphatic heterocycles. The van der Waals surface area contributed by atoms with E-state index in [4.69, 9.17) is 5.11 Å². The van der Waals surface area contributed by atoms with Crippen LogP contribution in [0.2, 0.25) is 0 Å². The number of carboxylic acids is 1. The molecule has 0 spiro atoms. The first-order valence-electron chi connectivity index (χ1n) is 5.53. The van der Waals surface area contributed by atoms with E-state index in [0.717, 1.165) is 17.6 Å². The lowest BCUT2D eigenvalue weighted by atomic mass is 10.1. The lowest BCUT2D eigenvalue weighted by Gasteiger charge is -2.11. The van der Waals surface area contributed by atoms with E-state index in [-0.39, 0.29) is 21.9 Å². The molecule has 0 unspecified atom stereocenters. The number of carboxylic acid groups (broad SMARTS) is 1. The number of aromatic carboxylic acids is 1. The number of nitrogens with one attached hydrogen (secondary N) is 1. The molecule has 9 heteroatoms. The van der Waals surface area contributed by atoms with E-state index in [1.54, 1.807) is 0 Å². The van der Waals surface area contributed by atoms with Gasteiger partial charge < -0.3 is 10.4 Å². The summed E-state index contributed by atoms with van der Waals surface area (Å²) in [6.07, 6.45) is -4.83. The highest BCUT2D eigenvalue weighted by Gasteiger charge is 2.34. The summed E-state index contributed by atoms with van der Waals surface area (Å²) in [6, 6.07) is 2.33. The zero-order valence-corrected chi connectivity index (χ0v) is 11.3. The lowest BCUT2D eigenvalue weighted by Crippen LogP contribution is -2.09. The molecule has 2 N–H and O–H groups in total. The molecule has 2 rings (SSSR count). The quantitative estimate of drug-likeness (QED) is 0.838. The predicted octanol–water partition coefficient (Wildman–Crippen LogP) is 4.05. The molecule has 1 heterocycles.